The highest BCUT2D eigenvalue weighted by molar-refractivity contribution is 5.78. The van der Waals surface area contributed by atoms with Crippen LogP contribution >= 0.6 is 0 Å². The van der Waals surface area contributed by atoms with Crippen LogP contribution in [0.4, 0.5) is 10.1 Å². The van der Waals surface area contributed by atoms with Gasteiger partial charge in [-0.25, -0.2) is 0 Å². The summed E-state index contributed by atoms with van der Waals surface area (Å²) in [6.45, 7) is 3.55. The van der Waals surface area contributed by atoms with Crippen molar-refractivity contribution in [2.24, 2.45) is 0 Å². The Morgan fingerprint density at radius 1 is 1.55 bits per heavy atom. The third-order valence-corrected chi connectivity index (χ3v) is 3.11. The summed E-state index contributed by atoms with van der Waals surface area (Å²) in [5.74, 6) is -1.91. The molecule has 0 fully saturated rings. The number of nitro groups is 1. The highest BCUT2D eigenvalue weighted by atomic mass is 19.1. The van der Waals surface area contributed by atoms with Crippen LogP contribution in [0.3, 0.4) is 0 Å². The molecule has 1 atom stereocenters. The maximum Gasteiger partial charge on any atom is 0.323 e. The molecule has 7 heteroatoms. The number of nitrogens with zero attached hydrogens (tertiary/aromatic N) is 1. The quantitative estimate of drug-likeness (QED) is 0.592. The summed E-state index contributed by atoms with van der Waals surface area (Å²) in [5.41, 5.74) is -1.24. The van der Waals surface area contributed by atoms with Gasteiger partial charge in [0.05, 0.1) is 4.92 Å². The van der Waals surface area contributed by atoms with Crippen LogP contribution in [0.2, 0.25) is 0 Å². The van der Waals surface area contributed by atoms with Gasteiger partial charge in [-0.2, -0.15) is 4.39 Å². The highest BCUT2D eigenvalue weighted by Gasteiger charge is 2.31. The standard InChI is InChI=1S/C13H17FN2O4/c1-3-6-13(2,12(17)18)15-8-9-4-5-11(16(19)20)10(14)7-9/h4-5,7,15H,3,6,8H2,1-2H3,(H,17,18). The van der Waals surface area contributed by atoms with Crippen LogP contribution < -0.4 is 5.32 Å². The van der Waals surface area contributed by atoms with Gasteiger partial charge < -0.3 is 5.11 Å². The molecule has 2 N–H and O–H groups in total. The van der Waals surface area contributed by atoms with Crippen LogP contribution in [-0.4, -0.2) is 21.5 Å². The summed E-state index contributed by atoms with van der Waals surface area (Å²) in [7, 11) is 0. The van der Waals surface area contributed by atoms with Crippen molar-refractivity contribution in [3.05, 3.63) is 39.7 Å². The van der Waals surface area contributed by atoms with E-state index in [1.807, 2.05) is 6.92 Å². The number of carbonyl (C=O) groups is 1. The normalized spacial score (nSPS) is 13.8. The molecule has 0 aliphatic heterocycles. The molecule has 0 saturated carbocycles. The van der Waals surface area contributed by atoms with Crippen LogP contribution in [-0.2, 0) is 11.3 Å². The van der Waals surface area contributed by atoms with E-state index in [0.717, 1.165) is 12.1 Å². The van der Waals surface area contributed by atoms with Crippen molar-refractivity contribution in [1.29, 1.82) is 0 Å². The highest BCUT2D eigenvalue weighted by Crippen LogP contribution is 2.19. The molecule has 0 saturated heterocycles. The van der Waals surface area contributed by atoms with Crippen molar-refractivity contribution in [3.63, 3.8) is 0 Å². The fraction of sp³-hybridized carbons (Fsp3) is 0.462. The van der Waals surface area contributed by atoms with Gasteiger partial charge in [0.2, 0.25) is 5.82 Å². The van der Waals surface area contributed by atoms with Crippen LogP contribution in [0.5, 0.6) is 0 Å². The van der Waals surface area contributed by atoms with Gasteiger partial charge in [-0.05, 0) is 25.0 Å². The number of hydrogen-bond acceptors (Lipinski definition) is 4. The van der Waals surface area contributed by atoms with Crippen molar-refractivity contribution in [2.75, 3.05) is 0 Å². The molecule has 0 aromatic heterocycles. The number of carboxylic acids is 1. The number of halogens is 1. The Balaban J connectivity index is 2.81. The van der Waals surface area contributed by atoms with E-state index in [0.29, 0.717) is 18.4 Å². The summed E-state index contributed by atoms with van der Waals surface area (Å²) in [5, 5.41) is 22.5. The molecule has 1 aromatic carbocycles. The maximum atomic E-state index is 13.4. The predicted octanol–water partition coefficient (Wildman–Crippen LogP) is 2.47. The van der Waals surface area contributed by atoms with E-state index in [9.17, 15) is 24.4 Å². The smallest absolute Gasteiger partial charge is 0.323 e. The van der Waals surface area contributed by atoms with Crippen LogP contribution in [0.25, 0.3) is 0 Å². The summed E-state index contributed by atoms with van der Waals surface area (Å²) >= 11 is 0. The van der Waals surface area contributed by atoms with Gasteiger partial charge in [-0.15, -0.1) is 0 Å². The number of nitrogens with one attached hydrogen (secondary N) is 1. The number of nitro benzene ring substituents is 1. The minimum atomic E-state index is -1.10. The second-order valence-electron chi connectivity index (χ2n) is 4.78. The lowest BCUT2D eigenvalue weighted by Gasteiger charge is -2.25. The number of hydrogen-bond donors (Lipinski definition) is 2. The Morgan fingerprint density at radius 2 is 2.20 bits per heavy atom. The lowest BCUT2D eigenvalue weighted by molar-refractivity contribution is -0.387. The van der Waals surface area contributed by atoms with Gasteiger partial charge >= 0.3 is 11.7 Å². The molecule has 0 aliphatic rings. The molecular weight excluding hydrogens is 267 g/mol. The zero-order valence-corrected chi connectivity index (χ0v) is 11.4. The second-order valence-corrected chi connectivity index (χ2v) is 4.78. The zero-order chi connectivity index (χ0) is 15.3. The molecule has 0 spiro atoms. The average Bonchev–Trinajstić information content (AvgIpc) is 2.36. The first-order chi connectivity index (χ1) is 9.30. The number of benzene rings is 1. The summed E-state index contributed by atoms with van der Waals surface area (Å²) < 4.78 is 13.4. The molecule has 0 aliphatic carbocycles. The van der Waals surface area contributed by atoms with Gasteiger partial charge in [0.1, 0.15) is 5.54 Å². The Kier molecular flexibility index (Phi) is 5.15. The molecule has 1 unspecified atom stereocenters. The molecule has 0 radical (unpaired) electrons. The van der Waals surface area contributed by atoms with Crippen LogP contribution in [0.15, 0.2) is 18.2 Å². The first kappa shape index (κ1) is 16.0. The summed E-state index contributed by atoms with van der Waals surface area (Å²) in [4.78, 5) is 20.9. The van der Waals surface area contributed by atoms with Gasteiger partial charge in [-0.3, -0.25) is 20.2 Å². The first-order valence-electron chi connectivity index (χ1n) is 6.21. The Labute approximate surface area is 115 Å². The monoisotopic (exact) mass is 284 g/mol. The number of aliphatic carboxylic acids is 1. The molecule has 0 bridgehead atoms. The van der Waals surface area contributed by atoms with Gasteiger partial charge in [0, 0.05) is 12.6 Å². The Morgan fingerprint density at radius 3 is 2.65 bits per heavy atom. The topological polar surface area (TPSA) is 92.5 Å². The largest absolute Gasteiger partial charge is 0.480 e. The zero-order valence-electron chi connectivity index (χ0n) is 11.4. The van der Waals surface area contributed by atoms with Gasteiger partial charge in [0.25, 0.3) is 0 Å². The Bertz CT molecular complexity index is 521. The minimum Gasteiger partial charge on any atom is -0.480 e. The van der Waals surface area contributed by atoms with Gasteiger partial charge in [0.15, 0.2) is 0 Å². The van der Waals surface area contributed by atoms with Crippen LogP contribution in [0, 0.1) is 15.9 Å². The molecule has 110 valence electrons. The molecular formula is C13H17FN2O4. The average molecular weight is 284 g/mol. The lowest BCUT2D eigenvalue weighted by Crippen LogP contribution is -2.48. The van der Waals surface area contributed by atoms with E-state index < -0.39 is 27.9 Å². The molecule has 0 heterocycles. The number of rotatable bonds is 7. The third-order valence-electron chi connectivity index (χ3n) is 3.11. The number of carboxylic acid groups (broad SMARTS) is 1. The van der Waals surface area contributed by atoms with E-state index in [-0.39, 0.29) is 6.54 Å². The predicted molar refractivity (Wildman–Crippen MR) is 70.8 cm³/mol. The van der Waals surface area contributed by atoms with Gasteiger partial charge in [-0.1, -0.05) is 19.4 Å². The first-order valence-corrected chi connectivity index (χ1v) is 6.21. The summed E-state index contributed by atoms with van der Waals surface area (Å²) in [6.07, 6.45) is 1.11. The van der Waals surface area contributed by atoms with Crippen molar-refractivity contribution in [3.8, 4) is 0 Å². The van der Waals surface area contributed by atoms with E-state index in [1.54, 1.807) is 6.92 Å². The molecule has 0 amide bonds. The third kappa shape index (κ3) is 3.74. The molecule has 1 rings (SSSR count). The Hall–Kier alpha value is -2.02. The molecule has 6 nitrogen and oxygen atoms in total. The van der Waals surface area contributed by atoms with Crippen LogP contribution in [0.1, 0.15) is 32.3 Å². The summed E-state index contributed by atoms with van der Waals surface area (Å²) in [6, 6.07) is 3.52. The fourth-order valence-electron chi connectivity index (χ4n) is 1.88. The van der Waals surface area contributed by atoms with Crippen molar-refractivity contribution < 1.29 is 19.2 Å². The molecule has 20 heavy (non-hydrogen) atoms. The molecule has 1 aromatic rings. The lowest BCUT2D eigenvalue weighted by atomic mass is 9.96. The van der Waals surface area contributed by atoms with E-state index in [1.165, 1.54) is 6.07 Å². The van der Waals surface area contributed by atoms with Crippen molar-refractivity contribution >= 4 is 11.7 Å². The van der Waals surface area contributed by atoms with Crippen molar-refractivity contribution in [1.82, 2.24) is 5.32 Å². The second kappa shape index (κ2) is 6.42. The maximum absolute atomic E-state index is 13.4. The fourth-order valence-corrected chi connectivity index (χ4v) is 1.88. The minimum absolute atomic E-state index is 0.123. The van der Waals surface area contributed by atoms with E-state index in [4.69, 9.17) is 0 Å². The van der Waals surface area contributed by atoms with E-state index >= 15 is 0 Å². The van der Waals surface area contributed by atoms with E-state index in [2.05, 4.69) is 5.32 Å². The van der Waals surface area contributed by atoms with Crippen molar-refractivity contribution in [2.45, 2.75) is 38.8 Å². The SMILES string of the molecule is CCCC(C)(NCc1ccc([N+](=O)[O-])c(F)c1)C(=O)O.